The van der Waals surface area contributed by atoms with Gasteiger partial charge in [-0.25, -0.2) is 0 Å². The van der Waals surface area contributed by atoms with Gasteiger partial charge >= 0.3 is 0 Å². The minimum Gasteiger partial charge on any atom is -0.367 e. The molecule has 0 spiro atoms. The van der Waals surface area contributed by atoms with Crippen molar-refractivity contribution >= 4 is 5.69 Å². The minimum absolute atomic E-state index is 0.618. The Hall–Kier alpha value is -1.09. The Morgan fingerprint density at radius 3 is 3.13 bits per heavy atom. The first-order valence-electron chi connectivity index (χ1n) is 5.78. The van der Waals surface area contributed by atoms with Crippen LogP contribution >= 0.6 is 0 Å². The lowest BCUT2D eigenvalue weighted by Crippen LogP contribution is -2.40. The van der Waals surface area contributed by atoms with E-state index in [2.05, 4.69) is 16.0 Å². The zero-order valence-corrected chi connectivity index (χ0v) is 9.10. The van der Waals surface area contributed by atoms with E-state index in [0.717, 1.165) is 19.5 Å². The predicted molar refractivity (Wildman–Crippen MR) is 62.9 cm³/mol. The van der Waals surface area contributed by atoms with Crippen molar-refractivity contribution in [3.8, 4) is 0 Å². The van der Waals surface area contributed by atoms with Crippen LogP contribution in [0.25, 0.3) is 0 Å². The summed E-state index contributed by atoms with van der Waals surface area (Å²) in [6.45, 7) is 1.93. The van der Waals surface area contributed by atoms with Gasteiger partial charge in [-0.1, -0.05) is 0 Å². The number of hydrogen-bond donors (Lipinski definition) is 1. The summed E-state index contributed by atoms with van der Waals surface area (Å²) in [5, 5.41) is 0. The van der Waals surface area contributed by atoms with Crippen LogP contribution in [0.5, 0.6) is 0 Å². The second kappa shape index (κ2) is 5.12. The van der Waals surface area contributed by atoms with E-state index in [1.54, 1.807) is 0 Å². The highest BCUT2D eigenvalue weighted by molar-refractivity contribution is 5.45. The quantitative estimate of drug-likeness (QED) is 0.818. The smallest absolute Gasteiger partial charge is 0.0555 e. The van der Waals surface area contributed by atoms with Gasteiger partial charge in [-0.2, -0.15) is 0 Å². The van der Waals surface area contributed by atoms with E-state index in [0.29, 0.717) is 6.04 Å². The summed E-state index contributed by atoms with van der Waals surface area (Å²) in [6, 6.07) is 4.76. The number of nitrogens with two attached hydrogens (primary N) is 1. The molecule has 0 aromatic carbocycles. The zero-order valence-electron chi connectivity index (χ0n) is 9.10. The minimum atomic E-state index is 0.618. The Labute approximate surface area is 91.3 Å². The molecule has 3 nitrogen and oxygen atoms in total. The number of anilines is 1. The maximum atomic E-state index is 5.66. The van der Waals surface area contributed by atoms with Crippen LogP contribution in [0.4, 0.5) is 5.69 Å². The Balaban J connectivity index is 2.11. The molecule has 0 saturated carbocycles. The summed E-state index contributed by atoms with van der Waals surface area (Å²) in [5.41, 5.74) is 6.90. The standard InChI is InChI=1S/C12H19N3/c13-7-6-11-4-1-2-9-15(11)12-5-3-8-14-10-12/h3,5,8,10-11H,1-2,4,6-7,9,13H2. The molecule has 82 valence electrons. The fourth-order valence-electron chi connectivity index (χ4n) is 2.36. The van der Waals surface area contributed by atoms with Crippen molar-refractivity contribution in [2.45, 2.75) is 31.7 Å². The molecule has 2 N–H and O–H groups in total. The summed E-state index contributed by atoms with van der Waals surface area (Å²) in [5.74, 6) is 0. The molecule has 0 amide bonds. The van der Waals surface area contributed by atoms with Gasteiger partial charge in [0.2, 0.25) is 0 Å². The lowest BCUT2D eigenvalue weighted by molar-refractivity contribution is 0.441. The number of rotatable bonds is 3. The van der Waals surface area contributed by atoms with Crippen LogP contribution in [-0.4, -0.2) is 24.1 Å². The molecule has 1 unspecified atom stereocenters. The molecule has 0 aliphatic carbocycles. The van der Waals surface area contributed by atoms with Gasteiger partial charge in [0.25, 0.3) is 0 Å². The average Bonchev–Trinajstić information content (AvgIpc) is 2.31. The summed E-state index contributed by atoms with van der Waals surface area (Å²) in [4.78, 5) is 6.64. The molecule has 3 heteroatoms. The molecular formula is C12H19N3. The Morgan fingerprint density at radius 2 is 2.40 bits per heavy atom. The number of hydrogen-bond acceptors (Lipinski definition) is 3. The van der Waals surface area contributed by atoms with Crippen LogP contribution < -0.4 is 10.6 Å². The molecule has 15 heavy (non-hydrogen) atoms. The molecule has 1 aromatic heterocycles. The monoisotopic (exact) mass is 205 g/mol. The maximum Gasteiger partial charge on any atom is 0.0555 e. The van der Waals surface area contributed by atoms with Crippen molar-refractivity contribution in [1.82, 2.24) is 4.98 Å². The largest absolute Gasteiger partial charge is 0.367 e. The number of nitrogens with zero attached hydrogens (tertiary/aromatic N) is 2. The fraction of sp³-hybridized carbons (Fsp3) is 0.583. The molecule has 2 rings (SSSR count). The Bertz CT molecular complexity index is 284. The maximum absolute atomic E-state index is 5.66. The SMILES string of the molecule is NCCC1CCCCN1c1cccnc1. The van der Waals surface area contributed by atoms with Crippen LogP contribution in [-0.2, 0) is 0 Å². The predicted octanol–water partition coefficient (Wildman–Crippen LogP) is 1.79. The second-order valence-corrected chi connectivity index (χ2v) is 4.13. The highest BCUT2D eigenvalue weighted by Gasteiger charge is 2.21. The van der Waals surface area contributed by atoms with Gasteiger partial charge in [0.1, 0.15) is 0 Å². The van der Waals surface area contributed by atoms with E-state index < -0.39 is 0 Å². The number of aromatic nitrogens is 1. The van der Waals surface area contributed by atoms with Gasteiger partial charge in [-0.15, -0.1) is 0 Å². The van der Waals surface area contributed by atoms with E-state index in [4.69, 9.17) is 5.73 Å². The molecule has 0 radical (unpaired) electrons. The lowest BCUT2D eigenvalue weighted by Gasteiger charge is -2.37. The molecule has 0 bridgehead atoms. The van der Waals surface area contributed by atoms with Crippen LogP contribution in [0.2, 0.25) is 0 Å². The molecule has 1 atom stereocenters. The third-order valence-corrected chi connectivity index (χ3v) is 3.10. The van der Waals surface area contributed by atoms with E-state index in [1.165, 1.54) is 24.9 Å². The molecule has 1 aromatic rings. The summed E-state index contributed by atoms with van der Waals surface area (Å²) in [6.07, 6.45) is 8.76. The summed E-state index contributed by atoms with van der Waals surface area (Å²) >= 11 is 0. The number of piperidine rings is 1. The van der Waals surface area contributed by atoms with Crippen molar-refractivity contribution in [2.24, 2.45) is 5.73 Å². The average molecular weight is 205 g/mol. The van der Waals surface area contributed by atoms with Gasteiger partial charge in [0, 0.05) is 18.8 Å². The van der Waals surface area contributed by atoms with Crippen LogP contribution in [0.1, 0.15) is 25.7 Å². The molecule has 1 aliphatic rings. The highest BCUT2D eigenvalue weighted by atomic mass is 15.2. The number of pyridine rings is 1. The normalized spacial score (nSPS) is 21.7. The molecule has 1 fully saturated rings. The molecule has 2 heterocycles. The van der Waals surface area contributed by atoms with Crippen LogP contribution in [0, 0.1) is 0 Å². The van der Waals surface area contributed by atoms with Gasteiger partial charge < -0.3 is 10.6 Å². The van der Waals surface area contributed by atoms with Crippen molar-refractivity contribution < 1.29 is 0 Å². The van der Waals surface area contributed by atoms with Gasteiger partial charge in [-0.05, 0) is 44.4 Å². The van der Waals surface area contributed by atoms with Gasteiger partial charge in [0.15, 0.2) is 0 Å². The summed E-state index contributed by atoms with van der Waals surface area (Å²) in [7, 11) is 0. The highest BCUT2D eigenvalue weighted by Crippen LogP contribution is 2.25. The van der Waals surface area contributed by atoms with E-state index in [-0.39, 0.29) is 0 Å². The van der Waals surface area contributed by atoms with Gasteiger partial charge in [-0.3, -0.25) is 4.98 Å². The Morgan fingerprint density at radius 1 is 1.47 bits per heavy atom. The first-order chi connectivity index (χ1) is 7.42. The van der Waals surface area contributed by atoms with Gasteiger partial charge in [0.05, 0.1) is 11.9 Å². The molecule has 1 saturated heterocycles. The first-order valence-corrected chi connectivity index (χ1v) is 5.78. The second-order valence-electron chi connectivity index (χ2n) is 4.13. The van der Waals surface area contributed by atoms with Crippen LogP contribution in [0.3, 0.4) is 0 Å². The fourth-order valence-corrected chi connectivity index (χ4v) is 2.36. The van der Waals surface area contributed by atoms with Crippen molar-refractivity contribution in [3.05, 3.63) is 24.5 Å². The van der Waals surface area contributed by atoms with Crippen molar-refractivity contribution in [1.29, 1.82) is 0 Å². The van der Waals surface area contributed by atoms with Crippen molar-refractivity contribution in [3.63, 3.8) is 0 Å². The Kier molecular flexibility index (Phi) is 3.56. The lowest BCUT2D eigenvalue weighted by atomic mass is 9.99. The molecule has 1 aliphatic heterocycles. The molecular weight excluding hydrogens is 186 g/mol. The van der Waals surface area contributed by atoms with Crippen LogP contribution in [0.15, 0.2) is 24.5 Å². The first kappa shape index (κ1) is 10.4. The zero-order chi connectivity index (χ0) is 10.5. The topological polar surface area (TPSA) is 42.1 Å². The van der Waals surface area contributed by atoms with E-state index in [1.807, 2.05) is 18.5 Å². The summed E-state index contributed by atoms with van der Waals surface area (Å²) < 4.78 is 0. The third-order valence-electron chi connectivity index (χ3n) is 3.10. The third kappa shape index (κ3) is 2.48. The van der Waals surface area contributed by atoms with E-state index in [9.17, 15) is 0 Å². The van der Waals surface area contributed by atoms with Crippen molar-refractivity contribution in [2.75, 3.05) is 18.0 Å². The van der Waals surface area contributed by atoms with E-state index >= 15 is 0 Å².